The summed E-state index contributed by atoms with van der Waals surface area (Å²) in [6.07, 6.45) is 5.52. The van der Waals surface area contributed by atoms with Crippen molar-refractivity contribution >= 4 is 11.6 Å². The minimum absolute atomic E-state index is 0.0694. The number of methoxy groups -OCH3 is 1. The number of likely N-dealkylation sites (tertiary alicyclic amines) is 1. The van der Waals surface area contributed by atoms with Gasteiger partial charge in [-0.2, -0.15) is 0 Å². The third kappa shape index (κ3) is 3.86. The van der Waals surface area contributed by atoms with Crippen LogP contribution >= 0.6 is 0 Å². The Balaban J connectivity index is 1.91. The smallest absolute Gasteiger partial charge is 0.271 e. The number of aromatic nitrogens is 2. The van der Waals surface area contributed by atoms with Gasteiger partial charge < -0.3 is 19.5 Å². The van der Waals surface area contributed by atoms with Crippen molar-refractivity contribution in [1.29, 1.82) is 0 Å². The lowest BCUT2D eigenvalue weighted by Crippen LogP contribution is -2.41. The predicted octanol–water partition coefficient (Wildman–Crippen LogP) is 2.06. The van der Waals surface area contributed by atoms with Gasteiger partial charge in [-0.1, -0.05) is 6.58 Å². The van der Waals surface area contributed by atoms with Gasteiger partial charge in [0.1, 0.15) is 5.69 Å². The number of likely N-dealkylation sites (N-methyl/N-ethyl adjacent to an activating group) is 1. The molecular weight excluding hydrogens is 344 g/mol. The monoisotopic (exact) mass is 368 g/mol. The van der Waals surface area contributed by atoms with E-state index in [1.54, 1.807) is 24.4 Å². The minimum Gasteiger partial charge on any atom is -0.481 e. The molecule has 0 saturated carbocycles. The number of rotatable bonds is 6. The van der Waals surface area contributed by atoms with Crippen LogP contribution in [0.15, 0.2) is 48.0 Å². The Morgan fingerprint density at radius 3 is 3.00 bits per heavy atom. The Morgan fingerprint density at radius 2 is 2.30 bits per heavy atom. The maximum absolute atomic E-state index is 12.5. The van der Waals surface area contributed by atoms with Crippen LogP contribution in [0.25, 0.3) is 11.1 Å². The molecule has 27 heavy (non-hydrogen) atoms. The lowest BCUT2D eigenvalue weighted by atomic mass is 10.1. The Bertz CT molecular complexity index is 893. The minimum atomic E-state index is -0.143. The highest BCUT2D eigenvalue weighted by molar-refractivity contribution is 5.87. The molecule has 2 aromatic rings. The first-order valence-corrected chi connectivity index (χ1v) is 8.98. The fraction of sp³-hybridized carbons (Fsp3) is 0.350. The van der Waals surface area contributed by atoms with Crippen molar-refractivity contribution in [2.45, 2.75) is 19.4 Å². The normalized spacial score (nSPS) is 16.2. The molecule has 1 aliphatic heterocycles. The lowest BCUT2D eigenvalue weighted by Gasteiger charge is -2.29. The predicted molar refractivity (Wildman–Crippen MR) is 105 cm³/mol. The molecule has 0 spiro atoms. The molecule has 0 aliphatic carbocycles. The van der Waals surface area contributed by atoms with E-state index in [0.29, 0.717) is 31.2 Å². The number of aromatic amines is 1. The standard InChI is InChI=1S/C20H24N4O3/c1-4-19(25)23-9-7-16(13-23)24(5-2)17-10-15(12-22-20(17)26)14-6-8-21-18(11-14)27-3/h4,6,8,10-12,16H,1,5,7,9,13H2,2-3H3,(H,22,26)/t16-/m0/s1. The van der Waals surface area contributed by atoms with E-state index >= 15 is 0 Å². The fourth-order valence-corrected chi connectivity index (χ4v) is 3.50. The zero-order chi connectivity index (χ0) is 19.4. The van der Waals surface area contributed by atoms with Crippen molar-refractivity contribution in [2.75, 3.05) is 31.6 Å². The van der Waals surface area contributed by atoms with Crippen molar-refractivity contribution in [3.8, 4) is 17.0 Å². The molecule has 3 rings (SSSR count). The van der Waals surface area contributed by atoms with Gasteiger partial charge in [0.15, 0.2) is 0 Å². The van der Waals surface area contributed by atoms with Crippen LogP contribution in [0, 0.1) is 0 Å². The number of nitrogens with zero attached hydrogens (tertiary/aromatic N) is 3. The summed E-state index contributed by atoms with van der Waals surface area (Å²) < 4.78 is 5.19. The molecule has 3 heterocycles. The van der Waals surface area contributed by atoms with Crippen LogP contribution < -0.4 is 15.2 Å². The number of hydrogen-bond acceptors (Lipinski definition) is 5. The maximum atomic E-state index is 12.5. The van der Waals surface area contributed by atoms with Gasteiger partial charge >= 0.3 is 0 Å². The van der Waals surface area contributed by atoms with Crippen LogP contribution in [-0.4, -0.2) is 53.6 Å². The van der Waals surface area contributed by atoms with Crippen molar-refractivity contribution in [3.63, 3.8) is 0 Å². The topological polar surface area (TPSA) is 78.5 Å². The number of hydrogen-bond donors (Lipinski definition) is 1. The van der Waals surface area contributed by atoms with Crippen LogP contribution in [0.1, 0.15) is 13.3 Å². The summed E-state index contributed by atoms with van der Waals surface area (Å²) in [6, 6.07) is 5.68. The van der Waals surface area contributed by atoms with Gasteiger partial charge in [-0.3, -0.25) is 9.59 Å². The van der Waals surface area contributed by atoms with Crippen molar-refractivity contribution in [2.24, 2.45) is 0 Å². The highest BCUT2D eigenvalue weighted by atomic mass is 16.5. The van der Waals surface area contributed by atoms with Gasteiger partial charge in [0.25, 0.3) is 5.56 Å². The van der Waals surface area contributed by atoms with Gasteiger partial charge in [0, 0.05) is 49.7 Å². The summed E-state index contributed by atoms with van der Waals surface area (Å²) in [4.78, 5) is 35.2. The van der Waals surface area contributed by atoms with Gasteiger partial charge in [-0.25, -0.2) is 4.98 Å². The molecule has 1 aliphatic rings. The summed E-state index contributed by atoms with van der Waals surface area (Å²) >= 11 is 0. The second-order valence-corrected chi connectivity index (χ2v) is 6.41. The zero-order valence-electron chi connectivity index (χ0n) is 15.6. The number of pyridine rings is 2. The van der Waals surface area contributed by atoms with Crippen LogP contribution in [0.2, 0.25) is 0 Å². The average Bonchev–Trinajstić information content (AvgIpc) is 3.19. The summed E-state index contributed by atoms with van der Waals surface area (Å²) in [7, 11) is 1.57. The van der Waals surface area contributed by atoms with Crippen LogP contribution in [0.3, 0.4) is 0 Å². The Kier molecular flexibility index (Phi) is 5.59. The summed E-state index contributed by atoms with van der Waals surface area (Å²) in [5, 5.41) is 0. The van der Waals surface area contributed by atoms with Gasteiger partial charge in [-0.05, 0) is 37.1 Å². The number of ether oxygens (including phenoxy) is 1. The molecule has 1 N–H and O–H groups in total. The van der Waals surface area contributed by atoms with Crippen LogP contribution in [0.5, 0.6) is 5.88 Å². The number of carbonyl (C=O) groups excluding carboxylic acids is 1. The van der Waals surface area contributed by atoms with Gasteiger partial charge in [0.2, 0.25) is 11.8 Å². The van der Waals surface area contributed by atoms with Crippen molar-refractivity contribution in [1.82, 2.24) is 14.9 Å². The Hall–Kier alpha value is -3.09. The SMILES string of the molecule is C=CC(=O)N1CC[C@H](N(CC)c2cc(-c3ccnc(OC)c3)c[nH]c2=O)C1. The molecule has 1 amide bonds. The number of carbonyl (C=O) groups is 1. The maximum Gasteiger partial charge on any atom is 0.271 e. The summed E-state index contributed by atoms with van der Waals surface area (Å²) in [6.45, 7) is 7.50. The summed E-state index contributed by atoms with van der Waals surface area (Å²) in [5.74, 6) is 0.446. The van der Waals surface area contributed by atoms with E-state index in [-0.39, 0.29) is 17.5 Å². The van der Waals surface area contributed by atoms with Crippen molar-refractivity contribution < 1.29 is 9.53 Å². The first-order valence-electron chi connectivity index (χ1n) is 8.98. The van der Waals surface area contributed by atoms with Crippen molar-refractivity contribution in [3.05, 3.63) is 53.6 Å². The Labute approximate surface area is 158 Å². The number of amides is 1. The second-order valence-electron chi connectivity index (χ2n) is 6.41. The Morgan fingerprint density at radius 1 is 1.48 bits per heavy atom. The van der Waals surface area contributed by atoms with E-state index in [4.69, 9.17) is 4.74 Å². The number of nitrogens with one attached hydrogen (secondary N) is 1. The second kappa shape index (κ2) is 8.07. The zero-order valence-corrected chi connectivity index (χ0v) is 15.6. The van der Waals surface area contributed by atoms with Gasteiger partial charge in [0.05, 0.1) is 7.11 Å². The quantitative estimate of drug-likeness (QED) is 0.790. The third-order valence-electron chi connectivity index (χ3n) is 4.90. The molecule has 7 heteroatoms. The molecule has 0 unspecified atom stereocenters. The van der Waals surface area contributed by atoms with E-state index < -0.39 is 0 Å². The highest BCUT2D eigenvalue weighted by Gasteiger charge is 2.30. The van der Waals surface area contributed by atoms with E-state index in [1.807, 2.05) is 25.1 Å². The van der Waals surface area contributed by atoms with E-state index in [0.717, 1.165) is 17.5 Å². The first kappa shape index (κ1) is 18.7. The molecule has 0 aromatic carbocycles. The van der Waals surface area contributed by atoms with E-state index in [1.165, 1.54) is 6.08 Å². The molecule has 2 aromatic heterocycles. The van der Waals surface area contributed by atoms with Crippen LogP contribution in [0.4, 0.5) is 5.69 Å². The fourth-order valence-electron chi connectivity index (χ4n) is 3.50. The highest BCUT2D eigenvalue weighted by Crippen LogP contribution is 2.26. The van der Waals surface area contributed by atoms with E-state index in [9.17, 15) is 9.59 Å². The van der Waals surface area contributed by atoms with Crippen LogP contribution in [-0.2, 0) is 4.79 Å². The molecule has 0 bridgehead atoms. The third-order valence-corrected chi connectivity index (χ3v) is 4.90. The number of anilines is 1. The van der Waals surface area contributed by atoms with E-state index in [2.05, 4.69) is 21.4 Å². The molecule has 1 saturated heterocycles. The molecular formula is C20H24N4O3. The largest absolute Gasteiger partial charge is 0.481 e. The molecule has 7 nitrogen and oxygen atoms in total. The lowest BCUT2D eigenvalue weighted by molar-refractivity contribution is -0.125. The average molecular weight is 368 g/mol. The molecule has 1 fully saturated rings. The summed E-state index contributed by atoms with van der Waals surface area (Å²) in [5.41, 5.74) is 2.24. The molecule has 142 valence electrons. The van der Waals surface area contributed by atoms with Gasteiger partial charge in [-0.15, -0.1) is 0 Å². The molecule has 0 radical (unpaired) electrons. The molecule has 1 atom stereocenters. The first-order chi connectivity index (χ1) is 13.1. The number of H-pyrrole nitrogens is 1.